The van der Waals surface area contributed by atoms with Crippen LogP contribution in [0, 0.1) is 5.92 Å². The lowest BCUT2D eigenvalue weighted by molar-refractivity contribution is -0.168. The molecule has 124 valence electrons. The van der Waals surface area contributed by atoms with E-state index in [0.717, 1.165) is 4.90 Å². The second kappa shape index (κ2) is 4.92. The number of ether oxygens (including phenoxy) is 1. The van der Waals surface area contributed by atoms with E-state index in [4.69, 9.17) is 10.5 Å². The highest BCUT2D eigenvalue weighted by Crippen LogP contribution is 2.49. The van der Waals surface area contributed by atoms with Gasteiger partial charge in [-0.15, -0.1) is 0 Å². The lowest BCUT2D eigenvalue weighted by Gasteiger charge is -2.44. The van der Waals surface area contributed by atoms with Gasteiger partial charge in [0, 0.05) is 0 Å². The Kier molecular flexibility index (Phi) is 3.73. The average molecular weight is 334 g/mol. The van der Waals surface area contributed by atoms with Crippen LogP contribution in [0.25, 0.3) is 0 Å². The topological polar surface area (TPSA) is 144 Å². The Labute approximate surface area is 127 Å². The smallest absolute Gasteiger partial charge is 0.328 e. The molecule has 2 aliphatic heterocycles. The van der Waals surface area contributed by atoms with Gasteiger partial charge in [-0.1, -0.05) is 0 Å². The molecule has 2 fully saturated rings. The van der Waals surface area contributed by atoms with Crippen LogP contribution >= 0.6 is 0 Å². The van der Waals surface area contributed by atoms with Crippen LogP contribution in [0.2, 0.25) is 0 Å². The van der Waals surface area contributed by atoms with Gasteiger partial charge in [0.25, 0.3) is 0 Å². The number of nitrogens with zero attached hydrogens (tertiary/aromatic N) is 1. The van der Waals surface area contributed by atoms with E-state index in [9.17, 15) is 27.9 Å². The van der Waals surface area contributed by atoms with E-state index in [0.29, 0.717) is 0 Å². The van der Waals surface area contributed by atoms with Crippen molar-refractivity contribution in [3.8, 4) is 0 Å². The molecule has 4 atom stereocenters. The predicted octanol–water partition coefficient (Wildman–Crippen LogP) is -1.68. The van der Waals surface area contributed by atoms with Gasteiger partial charge in [0.15, 0.2) is 9.84 Å². The van der Waals surface area contributed by atoms with Gasteiger partial charge >= 0.3 is 11.9 Å². The lowest BCUT2D eigenvalue weighted by Crippen LogP contribution is -2.69. The number of carboxylic acid groups (broad SMARTS) is 1. The number of carbonyl (C=O) groups is 3. The van der Waals surface area contributed by atoms with E-state index in [1.807, 2.05) is 0 Å². The van der Waals surface area contributed by atoms with Crippen LogP contribution in [0.5, 0.6) is 0 Å². The van der Waals surface area contributed by atoms with Crippen molar-refractivity contribution in [1.29, 1.82) is 0 Å². The molecule has 2 aliphatic rings. The highest BCUT2D eigenvalue weighted by atomic mass is 32.2. The molecular weight excluding hydrogens is 316 g/mol. The van der Waals surface area contributed by atoms with Crippen LogP contribution in [0.15, 0.2) is 0 Å². The first-order chi connectivity index (χ1) is 10.00. The summed E-state index contributed by atoms with van der Waals surface area (Å²) in [5.41, 5.74) is 5.65. The number of fused-ring (bicyclic) bond motifs is 1. The van der Waals surface area contributed by atoms with Crippen molar-refractivity contribution >= 4 is 27.7 Å². The zero-order valence-electron chi connectivity index (χ0n) is 12.3. The average Bonchev–Trinajstić information content (AvgIpc) is 2.53. The van der Waals surface area contributed by atoms with Gasteiger partial charge in [-0.25, -0.2) is 13.2 Å². The first kappa shape index (κ1) is 16.7. The quantitative estimate of drug-likeness (QED) is 0.458. The Morgan fingerprint density at radius 2 is 2.00 bits per heavy atom. The summed E-state index contributed by atoms with van der Waals surface area (Å²) in [5.74, 6) is -4.36. The number of aliphatic carboxylic acids is 1. The number of sulfone groups is 1. The molecule has 22 heavy (non-hydrogen) atoms. The molecule has 0 bridgehead atoms. The monoisotopic (exact) mass is 334 g/mol. The summed E-state index contributed by atoms with van der Waals surface area (Å²) < 4.78 is 28.2. The maximum absolute atomic E-state index is 12.6. The van der Waals surface area contributed by atoms with Crippen LogP contribution in [-0.2, 0) is 29.0 Å². The van der Waals surface area contributed by atoms with Crippen LogP contribution < -0.4 is 5.73 Å². The third-order valence-electron chi connectivity index (χ3n) is 4.29. The zero-order valence-corrected chi connectivity index (χ0v) is 13.2. The molecule has 2 heterocycles. The normalized spacial score (nSPS) is 32.8. The number of amides is 1. The number of rotatable bonds is 4. The van der Waals surface area contributed by atoms with E-state index in [2.05, 4.69) is 0 Å². The molecule has 2 rings (SSSR count). The van der Waals surface area contributed by atoms with Gasteiger partial charge in [0.2, 0.25) is 5.91 Å². The van der Waals surface area contributed by atoms with Crippen LogP contribution in [-0.4, -0.2) is 65.1 Å². The molecule has 2 saturated heterocycles. The summed E-state index contributed by atoms with van der Waals surface area (Å²) in [7, 11) is -4.00. The van der Waals surface area contributed by atoms with Gasteiger partial charge in [-0.05, 0) is 20.8 Å². The van der Waals surface area contributed by atoms with Gasteiger partial charge < -0.3 is 20.5 Å². The number of β-lactam (4-membered cyclic amide) rings is 1. The van der Waals surface area contributed by atoms with E-state index in [1.54, 1.807) is 6.92 Å². The van der Waals surface area contributed by atoms with Crippen molar-refractivity contribution in [3.63, 3.8) is 0 Å². The maximum Gasteiger partial charge on any atom is 0.328 e. The van der Waals surface area contributed by atoms with Gasteiger partial charge in [0.1, 0.15) is 17.5 Å². The number of nitrogens with two attached hydrogens (primary N) is 1. The summed E-state index contributed by atoms with van der Waals surface area (Å²) in [6.07, 6.45) is 0. The fourth-order valence-corrected chi connectivity index (χ4v) is 5.41. The van der Waals surface area contributed by atoms with E-state index < -0.39 is 55.8 Å². The van der Waals surface area contributed by atoms with E-state index in [-0.39, 0.29) is 6.61 Å². The highest BCUT2D eigenvalue weighted by molar-refractivity contribution is 7.93. The Morgan fingerprint density at radius 3 is 2.45 bits per heavy atom. The second-order valence-corrected chi connectivity index (χ2v) is 8.45. The molecule has 0 aromatic rings. The lowest BCUT2D eigenvalue weighted by atomic mass is 9.87. The number of esters is 1. The molecule has 0 saturated carbocycles. The molecule has 0 radical (unpaired) electrons. The fourth-order valence-electron chi connectivity index (χ4n) is 3.06. The predicted molar refractivity (Wildman–Crippen MR) is 73.2 cm³/mol. The highest BCUT2D eigenvalue weighted by Gasteiger charge is 2.73. The van der Waals surface area contributed by atoms with Crippen LogP contribution in [0.3, 0.4) is 0 Å². The number of carbonyl (C=O) groups excluding carboxylic acids is 2. The third kappa shape index (κ3) is 1.86. The Bertz CT molecular complexity index is 642. The maximum atomic E-state index is 12.6. The molecule has 9 nitrogen and oxygen atoms in total. The van der Waals surface area contributed by atoms with Crippen molar-refractivity contribution < 1.29 is 32.6 Å². The largest absolute Gasteiger partial charge is 0.480 e. The van der Waals surface area contributed by atoms with Crippen LogP contribution in [0.4, 0.5) is 0 Å². The van der Waals surface area contributed by atoms with Crippen LogP contribution in [0.1, 0.15) is 20.8 Å². The number of carboxylic acids is 1. The molecule has 3 N–H and O–H groups in total. The summed E-state index contributed by atoms with van der Waals surface area (Å²) in [5, 5.41) is 7.85. The molecular formula is C12H18N2O7S. The first-order valence-corrected chi connectivity index (χ1v) is 8.25. The molecule has 10 heteroatoms. The van der Waals surface area contributed by atoms with Crippen molar-refractivity contribution in [2.75, 3.05) is 6.61 Å². The van der Waals surface area contributed by atoms with E-state index >= 15 is 0 Å². The Hall–Kier alpha value is -1.68. The summed E-state index contributed by atoms with van der Waals surface area (Å²) >= 11 is 0. The second-order valence-electron chi connectivity index (χ2n) is 5.83. The van der Waals surface area contributed by atoms with Gasteiger partial charge in [0.05, 0.1) is 17.3 Å². The Morgan fingerprint density at radius 1 is 1.45 bits per heavy atom. The van der Waals surface area contributed by atoms with Gasteiger partial charge in [-0.3, -0.25) is 9.59 Å². The zero-order chi connectivity index (χ0) is 17.0. The van der Waals surface area contributed by atoms with Crippen molar-refractivity contribution in [2.24, 2.45) is 11.7 Å². The third-order valence-corrected chi connectivity index (χ3v) is 7.13. The first-order valence-electron chi connectivity index (χ1n) is 6.70. The summed E-state index contributed by atoms with van der Waals surface area (Å²) in [6.45, 7) is 4.09. The minimum Gasteiger partial charge on any atom is -0.480 e. The molecule has 0 spiro atoms. The number of hydrogen-bond acceptors (Lipinski definition) is 7. The van der Waals surface area contributed by atoms with Gasteiger partial charge in [-0.2, -0.15) is 0 Å². The fraction of sp³-hybridized carbons (Fsp3) is 0.750. The molecule has 0 aliphatic carbocycles. The van der Waals surface area contributed by atoms with Crippen molar-refractivity contribution in [3.05, 3.63) is 0 Å². The molecule has 0 aromatic heterocycles. The molecule has 1 unspecified atom stereocenters. The van der Waals surface area contributed by atoms with Crippen molar-refractivity contribution in [1.82, 2.24) is 4.90 Å². The minimum atomic E-state index is -4.00. The molecule has 1 amide bonds. The Balaban J connectivity index is 2.42. The minimum absolute atomic E-state index is 0.0395. The van der Waals surface area contributed by atoms with Crippen molar-refractivity contribution in [2.45, 2.75) is 43.0 Å². The molecule has 0 aromatic carbocycles. The number of hydrogen-bond donors (Lipinski definition) is 2. The van der Waals surface area contributed by atoms with E-state index in [1.165, 1.54) is 13.8 Å². The standard InChI is InChI=1S/C12H18N2O7S/c1-4-21-11(18)6(13)5-8(15)14-7(10(16)17)12(2,3)22(19,20)9(5)14/h5-7,9H,4,13H2,1-3H3,(H,16,17)/t5-,6?,7+,9-/m1/s1. The summed E-state index contributed by atoms with van der Waals surface area (Å²) in [4.78, 5) is 36.0. The SMILES string of the molecule is CCOC(=O)C(N)[C@@H]1C(=O)N2[C@@H](C(=O)O)C(C)(C)S(=O)(=O)[C@H]12. The summed E-state index contributed by atoms with van der Waals surface area (Å²) in [6, 6.07) is -2.94.